The Morgan fingerprint density at radius 1 is 0.412 bits per heavy atom. The average molecular weight is 669 g/mol. The fourth-order valence-corrected chi connectivity index (χ4v) is 9.12. The Bertz CT molecular complexity index is 3130. The second-order valence-corrected chi connectivity index (χ2v) is 14.1. The van der Waals surface area contributed by atoms with Crippen LogP contribution in [-0.2, 0) is 0 Å². The number of nitrogens with zero attached hydrogens (tertiary/aromatic N) is 4. The summed E-state index contributed by atoms with van der Waals surface area (Å²) >= 11 is 1.83. The van der Waals surface area contributed by atoms with Gasteiger partial charge in [-0.15, -0.1) is 11.3 Å². The minimum absolute atomic E-state index is 0.651. The van der Waals surface area contributed by atoms with Gasteiger partial charge in [0.25, 0.3) is 0 Å². The molecule has 5 heteroatoms. The third-order valence-corrected chi connectivity index (χ3v) is 11.3. The van der Waals surface area contributed by atoms with E-state index in [1.807, 2.05) is 11.3 Å². The van der Waals surface area contributed by atoms with E-state index in [0.29, 0.717) is 5.95 Å². The monoisotopic (exact) mass is 668 g/mol. The maximum absolute atomic E-state index is 5.51. The van der Waals surface area contributed by atoms with E-state index in [1.165, 1.54) is 47.2 Å². The van der Waals surface area contributed by atoms with Gasteiger partial charge in [-0.2, -0.15) is 0 Å². The molecular weight excluding hydrogens is 641 g/mol. The second kappa shape index (κ2) is 11.0. The molecule has 0 aliphatic carbocycles. The summed E-state index contributed by atoms with van der Waals surface area (Å²) in [4.78, 5) is 10.9. The van der Waals surface area contributed by atoms with Gasteiger partial charge >= 0.3 is 0 Å². The Kier molecular flexibility index (Phi) is 6.09. The van der Waals surface area contributed by atoms with E-state index in [-0.39, 0.29) is 0 Å². The molecule has 0 bridgehead atoms. The molecule has 0 spiro atoms. The van der Waals surface area contributed by atoms with E-state index in [2.05, 4.69) is 179 Å². The van der Waals surface area contributed by atoms with Crippen LogP contribution in [0.1, 0.15) is 0 Å². The van der Waals surface area contributed by atoms with Crippen molar-refractivity contribution < 1.29 is 0 Å². The first kappa shape index (κ1) is 28.3. The lowest BCUT2D eigenvalue weighted by Crippen LogP contribution is -2.04. The first-order valence-corrected chi connectivity index (χ1v) is 18.0. The predicted molar refractivity (Wildman–Crippen MR) is 214 cm³/mol. The summed E-state index contributed by atoms with van der Waals surface area (Å²) in [5, 5.41) is 7.21. The molecule has 11 aromatic rings. The summed E-state index contributed by atoms with van der Waals surface area (Å²) in [5.74, 6) is 0.651. The summed E-state index contributed by atoms with van der Waals surface area (Å²) in [6.45, 7) is 0. The highest BCUT2D eigenvalue weighted by molar-refractivity contribution is 7.25. The summed E-state index contributed by atoms with van der Waals surface area (Å²) < 4.78 is 7.21. The number of aromatic nitrogens is 4. The number of benzene rings is 7. The summed E-state index contributed by atoms with van der Waals surface area (Å²) in [7, 11) is 0. The van der Waals surface area contributed by atoms with Gasteiger partial charge in [0.1, 0.15) is 0 Å². The van der Waals surface area contributed by atoms with Crippen LogP contribution in [0.4, 0.5) is 0 Å². The van der Waals surface area contributed by atoms with Gasteiger partial charge < -0.3 is 4.57 Å². The van der Waals surface area contributed by atoms with Crippen LogP contribution in [0.3, 0.4) is 0 Å². The lowest BCUT2D eigenvalue weighted by Gasteiger charge is -2.13. The Labute approximate surface area is 297 Å². The number of fused-ring (bicyclic) bond motifs is 10. The Morgan fingerprint density at radius 2 is 1.06 bits per heavy atom. The van der Waals surface area contributed by atoms with Crippen molar-refractivity contribution in [1.82, 2.24) is 19.1 Å². The Morgan fingerprint density at radius 3 is 1.88 bits per heavy atom. The molecule has 4 nitrogen and oxygen atoms in total. The SMILES string of the molecule is c1ccc(-c2cc(-c3cccc4sc5ccccc5c34)nc(-n3c4ccccc4c4ccc5c(c6ccccc6n5-c5ccccc5)c43)n2)cc1. The van der Waals surface area contributed by atoms with Crippen molar-refractivity contribution in [2.45, 2.75) is 0 Å². The highest BCUT2D eigenvalue weighted by Gasteiger charge is 2.23. The molecule has 0 saturated heterocycles. The van der Waals surface area contributed by atoms with Crippen molar-refractivity contribution in [3.8, 4) is 34.2 Å². The van der Waals surface area contributed by atoms with Crippen molar-refractivity contribution in [2.75, 3.05) is 0 Å². The van der Waals surface area contributed by atoms with Crippen molar-refractivity contribution in [3.05, 3.63) is 170 Å². The lowest BCUT2D eigenvalue weighted by molar-refractivity contribution is 0.999. The zero-order valence-electron chi connectivity index (χ0n) is 27.4. The van der Waals surface area contributed by atoms with Crippen LogP contribution in [0.2, 0.25) is 0 Å². The van der Waals surface area contributed by atoms with E-state index >= 15 is 0 Å². The number of hydrogen-bond donors (Lipinski definition) is 0. The highest BCUT2D eigenvalue weighted by Crippen LogP contribution is 2.43. The van der Waals surface area contributed by atoms with Gasteiger partial charge in [-0.05, 0) is 48.5 Å². The van der Waals surface area contributed by atoms with Crippen molar-refractivity contribution in [1.29, 1.82) is 0 Å². The van der Waals surface area contributed by atoms with Gasteiger partial charge in [0.2, 0.25) is 5.95 Å². The van der Waals surface area contributed by atoms with E-state index in [9.17, 15) is 0 Å². The van der Waals surface area contributed by atoms with Gasteiger partial charge in [-0.25, -0.2) is 9.97 Å². The first-order valence-electron chi connectivity index (χ1n) is 17.2. The third kappa shape index (κ3) is 4.19. The van der Waals surface area contributed by atoms with Crippen LogP contribution in [-0.4, -0.2) is 19.1 Å². The van der Waals surface area contributed by atoms with E-state index in [1.54, 1.807) is 0 Å². The molecule has 0 aliphatic heterocycles. The highest BCUT2D eigenvalue weighted by atomic mass is 32.1. The van der Waals surface area contributed by atoms with Crippen molar-refractivity contribution in [2.24, 2.45) is 0 Å². The average Bonchev–Trinajstić information content (AvgIpc) is 3.86. The molecule has 51 heavy (non-hydrogen) atoms. The number of rotatable bonds is 4. The zero-order valence-corrected chi connectivity index (χ0v) is 28.2. The molecule has 0 N–H and O–H groups in total. The Hall–Kier alpha value is -6.56. The molecule has 0 fully saturated rings. The number of para-hydroxylation sites is 3. The molecule has 0 saturated carbocycles. The molecule has 238 valence electrons. The molecule has 7 aromatic carbocycles. The van der Waals surface area contributed by atoms with Gasteiger partial charge in [0, 0.05) is 58.5 Å². The summed E-state index contributed by atoms with van der Waals surface area (Å²) in [6.07, 6.45) is 0. The standard InChI is InChI=1S/C46H28N4S/c1-3-14-29(15-4-1)36-28-37(33-21-13-25-42-43(33)35-20-9-12-24-41(35)51-42)48-46(47-36)50-38-22-10-7-18-31(38)32-26-27-40-44(45(32)50)34-19-8-11-23-39(34)49(40)30-16-5-2-6-17-30/h1-28H. The molecule has 0 amide bonds. The number of thiophene rings is 1. The quantitative estimate of drug-likeness (QED) is 0.187. The second-order valence-electron chi connectivity index (χ2n) is 13.0. The first-order chi connectivity index (χ1) is 25.3. The summed E-state index contributed by atoms with van der Waals surface area (Å²) in [5.41, 5.74) is 9.57. The van der Waals surface area contributed by atoms with Gasteiger partial charge in [-0.3, -0.25) is 4.57 Å². The van der Waals surface area contributed by atoms with Crippen LogP contribution in [0.15, 0.2) is 170 Å². The molecule has 4 aromatic heterocycles. The van der Waals surface area contributed by atoms with Crippen LogP contribution in [0.25, 0.3) is 97.9 Å². The van der Waals surface area contributed by atoms with Crippen LogP contribution >= 0.6 is 11.3 Å². The van der Waals surface area contributed by atoms with Gasteiger partial charge in [0.15, 0.2) is 0 Å². The molecule has 11 rings (SSSR count). The minimum Gasteiger partial charge on any atom is -0.309 e. The molecule has 0 unspecified atom stereocenters. The molecule has 0 aliphatic rings. The summed E-state index contributed by atoms with van der Waals surface area (Å²) in [6, 6.07) is 60.5. The van der Waals surface area contributed by atoms with Crippen LogP contribution in [0, 0.1) is 0 Å². The normalized spacial score (nSPS) is 11.9. The molecular formula is C46H28N4S. The molecule has 0 atom stereocenters. The van der Waals surface area contributed by atoms with Crippen LogP contribution < -0.4 is 0 Å². The Balaban J connectivity index is 1.30. The van der Waals surface area contributed by atoms with Crippen molar-refractivity contribution >= 4 is 75.1 Å². The van der Waals surface area contributed by atoms with Gasteiger partial charge in [0.05, 0.1) is 33.5 Å². The minimum atomic E-state index is 0.651. The topological polar surface area (TPSA) is 35.6 Å². The molecule has 0 radical (unpaired) electrons. The van der Waals surface area contributed by atoms with E-state index in [0.717, 1.165) is 44.8 Å². The van der Waals surface area contributed by atoms with E-state index in [4.69, 9.17) is 9.97 Å². The largest absolute Gasteiger partial charge is 0.309 e. The zero-order chi connectivity index (χ0) is 33.5. The number of hydrogen-bond acceptors (Lipinski definition) is 3. The van der Waals surface area contributed by atoms with Crippen molar-refractivity contribution in [3.63, 3.8) is 0 Å². The van der Waals surface area contributed by atoms with E-state index < -0.39 is 0 Å². The lowest BCUT2D eigenvalue weighted by atomic mass is 10.0. The van der Waals surface area contributed by atoms with Gasteiger partial charge in [-0.1, -0.05) is 121 Å². The predicted octanol–water partition coefficient (Wildman–Crippen LogP) is 12.4. The third-order valence-electron chi connectivity index (χ3n) is 10.1. The fraction of sp³-hybridized carbons (Fsp3) is 0. The van der Waals surface area contributed by atoms with Crippen LogP contribution in [0.5, 0.6) is 0 Å². The molecule has 4 heterocycles. The maximum atomic E-state index is 5.51. The maximum Gasteiger partial charge on any atom is 0.235 e. The smallest absolute Gasteiger partial charge is 0.235 e. The fourth-order valence-electron chi connectivity index (χ4n) is 7.99.